The van der Waals surface area contributed by atoms with E-state index in [2.05, 4.69) is 36.3 Å². The Hall–Kier alpha value is -1.09. The number of aryl methyl sites for hydroxylation is 2. The van der Waals surface area contributed by atoms with Gasteiger partial charge in [-0.15, -0.1) is 0 Å². The maximum Gasteiger partial charge on any atom is 0.0606 e. The highest BCUT2D eigenvalue weighted by molar-refractivity contribution is 5.48. The molecule has 0 saturated carbocycles. The topological polar surface area (TPSA) is 34.2 Å². The highest BCUT2D eigenvalue weighted by Gasteiger charge is 2.24. The van der Waals surface area contributed by atoms with Crippen LogP contribution in [-0.4, -0.2) is 24.2 Å². The molecule has 1 fully saturated rings. The molecule has 0 aliphatic carbocycles. The summed E-state index contributed by atoms with van der Waals surface area (Å²) in [5.41, 5.74) is 3.32. The van der Waals surface area contributed by atoms with Crippen molar-refractivity contribution in [3.05, 3.63) is 23.5 Å². The molecule has 1 aliphatic heterocycles. The van der Waals surface area contributed by atoms with Crippen molar-refractivity contribution in [3.8, 4) is 0 Å². The number of ether oxygens (including phenoxy) is 1. The van der Waals surface area contributed by atoms with Crippen LogP contribution < -0.4 is 5.32 Å². The summed E-state index contributed by atoms with van der Waals surface area (Å²) in [6.45, 7) is 8.12. The number of nitrogens with zero attached hydrogens (tertiary/aromatic N) is 1. The molecule has 0 aromatic carbocycles. The third-order valence-electron chi connectivity index (χ3n) is 3.54. The van der Waals surface area contributed by atoms with Gasteiger partial charge in [-0.05, 0) is 38.8 Å². The zero-order chi connectivity index (χ0) is 12.3. The van der Waals surface area contributed by atoms with E-state index in [-0.39, 0.29) is 0 Å². The van der Waals surface area contributed by atoms with Crippen molar-refractivity contribution >= 4 is 5.69 Å². The van der Waals surface area contributed by atoms with Gasteiger partial charge in [0.1, 0.15) is 0 Å². The number of nitrogens with one attached hydrogen (secondary N) is 1. The summed E-state index contributed by atoms with van der Waals surface area (Å²) in [5, 5.41) is 3.62. The summed E-state index contributed by atoms with van der Waals surface area (Å²) >= 11 is 0. The average Bonchev–Trinajstić information content (AvgIpc) is 2.81. The summed E-state index contributed by atoms with van der Waals surface area (Å²) in [4.78, 5) is 4.49. The van der Waals surface area contributed by atoms with Gasteiger partial charge in [-0.1, -0.05) is 6.92 Å². The average molecular weight is 234 g/mol. The van der Waals surface area contributed by atoms with E-state index in [4.69, 9.17) is 4.74 Å². The highest BCUT2D eigenvalue weighted by atomic mass is 16.5. The van der Waals surface area contributed by atoms with Crippen molar-refractivity contribution in [1.82, 2.24) is 4.98 Å². The first-order valence-electron chi connectivity index (χ1n) is 6.49. The van der Waals surface area contributed by atoms with E-state index in [0.717, 1.165) is 36.7 Å². The quantitative estimate of drug-likeness (QED) is 0.869. The molecular weight excluding hydrogens is 212 g/mol. The summed E-state index contributed by atoms with van der Waals surface area (Å²) < 4.78 is 5.47. The van der Waals surface area contributed by atoms with Crippen LogP contribution in [0.2, 0.25) is 0 Å². The second kappa shape index (κ2) is 5.50. The summed E-state index contributed by atoms with van der Waals surface area (Å²) in [7, 11) is 0. The molecule has 1 saturated heterocycles. The minimum absolute atomic E-state index is 0.501. The molecule has 17 heavy (non-hydrogen) atoms. The normalized spacial score (nSPS) is 21.5. The van der Waals surface area contributed by atoms with Crippen LogP contribution in [0.5, 0.6) is 0 Å². The Bertz CT molecular complexity index is 372. The second-order valence-corrected chi connectivity index (χ2v) is 4.87. The number of anilines is 1. The van der Waals surface area contributed by atoms with Gasteiger partial charge in [-0.3, -0.25) is 4.98 Å². The highest BCUT2D eigenvalue weighted by Crippen LogP contribution is 2.23. The number of pyridine rings is 1. The molecule has 1 aromatic heterocycles. The van der Waals surface area contributed by atoms with Crippen LogP contribution in [0, 0.1) is 19.8 Å². The first kappa shape index (κ1) is 12.4. The maximum absolute atomic E-state index is 5.47. The van der Waals surface area contributed by atoms with E-state index in [1.165, 1.54) is 6.42 Å². The predicted molar refractivity (Wildman–Crippen MR) is 70.3 cm³/mol. The predicted octanol–water partition coefficient (Wildman–Crippen LogP) is 2.93. The van der Waals surface area contributed by atoms with Gasteiger partial charge in [0, 0.05) is 24.3 Å². The smallest absolute Gasteiger partial charge is 0.0606 e. The fourth-order valence-corrected chi connectivity index (χ4v) is 2.46. The molecule has 0 radical (unpaired) electrons. The zero-order valence-corrected chi connectivity index (χ0v) is 11.0. The van der Waals surface area contributed by atoms with E-state index < -0.39 is 0 Å². The molecule has 3 heteroatoms. The molecule has 2 unspecified atom stereocenters. The summed E-state index contributed by atoms with van der Waals surface area (Å²) in [6.07, 6.45) is 2.30. The lowest BCUT2D eigenvalue weighted by molar-refractivity contribution is 0.182. The van der Waals surface area contributed by atoms with Crippen LogP contribution >= 0.6 is 0 Å². The summed E-state index contributed by atoms with van der Waals surface area (Å²) in [5.74, 6) is 0.640. The summed E-state index contributed by atoms with van der Waals surface area (Å²) in [6, 6.07) is 4.70. The van der Waals surface area contributed by atoms with Crippen LogP contribution in [0.3, 0.4) is 0 Å². The Labute approximate surface area is 104 Å². The van der Waals surface area contributed by atoms with E-state index in [1.807, 2.05) is 6.92 Å². The van der Waals surface area contributed by atoms with E-state index >= 15 is 0 Å². The van der Waals surface area contributed by atoms with Gasteiger partial charge < -0.3 is 10.1 Å². The molecule has 0 spiro atoms. The molecule has 0 amide bonds. The van der Waals surface area contributed by atoms with E-state index in [9.17, 15) is 0 Å². The molecule has 1 aliphatic rings. The second-order valence-electron chi connectivity index (χ2n) is 4.87. The number of hydrogen-bond acceptors (Lipinski definition) is 3. The fraction of sp³-hybridized carbons (Fsp3) is 0.643. The van der Waals surface area contributed by atoms with Crippen LogP contribution in [0.25, 0.3) is 0 Å². The molecular formula is C14H22N2O. The van der Waals surface area contributed by atoms with Crippen LogP contribution in [-0.2, 0) is 4.74 Å². The third kappa shape index (κ3) is 2.97. The monoisotopic (exact) mass is 234 g/mol. The molecule has 94 valence electrons. The van der Waals surface area contributed by atoms with Gasteiger partial charge in [0.25, 0.3) is 0 Å². The largest absolute Gasteiger partial charge is 0.381 e. The van der Waals surface area contributed by atoms with E-state index in [1.54, 1.807) is 0 Å². The van der Waals surface area contributed by atoms with Crippen molar-refractivity contribution in [1.29, 1.82) is 0 Å². The molecule has 2 atom stereocenters. The number of hydrogen-bond donors (Lipinski definition) is 1. The number of aromatic nitrogens is 1. The fourth-order valence-electron chi connectivity index (χ4n) is 2.46. The van der Waals surface area contributed by atoms with Crippen molar-refractivity contribution < 1.29 is 4.74 Å². The minimum atomic E-state index is 0.501. The molecule has 0 bridgehead atoms. The molecule has 2 rings (SSSR count). The van der Waals surface area contributed by atoms with Gasteiger partial charge in [0.15, 0.2) is 0 Å². The minimum Gasteiger partial charge on any atom is -0.381 e. The molecule has 1 aromatic rings. The Balaban J connectivity index is 2.06. The lowest BCUT2D eigenvalue weighted by Gasteiger charge is -2.24. The van der Waals surface area contributed by atoms with Crippen LogP contribution in [0.1, 0.15) is 31.2 Å². The zero-order valence-electron chi connectivity index (χ0n) is 11.0. The van der Waals surface area contributed by atoms with Crippen molar-refractivity contribution in [2.45, 2.75) is 39.7 Å². The van der Waals surface area contributed by atoms with Gasteiger partial charge in [-0.2, -0.15) is 0 Å². The third-order valence-corrected chi connectivity index (χ3v) is 3.54. The first-order chi connectivity index (χ1) is 8.20. The standard InChI is InChI=1S/C14H22N2O/c1-4-13(12-7-8-17-9-12)16-14-6-5-10(2)15-11(14)3/h5-6,12-13,16H,4,7-9H2,1-3H3. The molecule has 3 nitrogen and oxygen atoms in total. The van der Waals surface area contributed by atoms with Crippen LogP contribution in [0.4, 0.5) is 5.69 Å². The van der Waals surface area contributed by atoms with Crippen molar-refractivity contribution in [2.24, 2.45) is 5.92 Å². The van der Waals surface area contributed by atoms with Gasteiger partial charge in [0.2, 0.25) is 0 Å². The lowest BCUT2D eigenvalue weighted by atomic mass is 9.96. The van der Waals surface area contributed by atoms with Crippen molar-refractivity contribution in [2.75, 3.05) is 18.5 Å². The Morgan fingerprint density at radius 3 is 2.88 bits per heavy atom. The lowest BCUT2D eigenvalue weighted by Crippen LogP contribution is -2.29. The van der Waals surface area contributed by atoms with E-state index in [0.29, 0.717) is 12.0 Å². The number of rotatable bonds is 4. The maximum atomic E-state index is 5.47. The van der Waals surface area contributed by atoms with Crippen molar-refractivity contribution in [3.63, 3.8) is 0 Å². The Morgan fingerprint density at radius 1 is 1.47 bits per heavy atom. The molecule has 2 heterocycles. The Morgan fingerprint density at radius 2 is 2.29 bits per heavy atom. The first-order valence-corrected chi connectivity index (χ1v) is 6.49. The molecule has 1 N–H and O–H groups in total. The van der Waals surface area contributed by atoms with Gasteiger partial charge in [0.05, 0.1) is 18.0 Å². The SMILES string of the molecule is CCC(Nc1ccc(C)nc1C)C1CCOC1. The Kier molecular flexibility index (Phi) is 4.00. The van der Waals surface area contributed by atoms with Crippen LogP contribution in [0.15, 0.2) is 12.1 Å². The van der Waals surface area contributed by atoms with Gasteiger partial charge >= 0.3 is 0 Å². The van der Waals surface area contributed by atoms with Gasteiger partial charge in [-0.25, -0.2) is 0 Å².